The Bertz CT molecular complexity index is 846. The van der Waals surface area contributed by atoms with Crippen molar-refractivity contribution < 1.29 is 4.79 Å². The van der Waals surface area contributed by atoms with Crippen LogP contribution in [0.1, 0.15) is 128 Å². The number of halogens is 1. The van der Waals surface area contributed by atoms with E-state index in [1.807, 2.05) is 11.3 Å². The molecule has 2 aromatic heterocycles. The summed E-state index contributed by atoms with van der Waals surface area (Å²) < 4.78 is 12.9. The van der Waals surface area contributed by atoms with Crippen molar-refractivity contribution in [2.24, 2.45) is 0 Å². The van der Waals surface area contributed by atoms with Crippen LogP contribution in [0.3, 0.4) is 0 Å². The Hall–Kier alpha value is 1.01. The predicted octanol–water partition coefficient (Wildman–Crippen LogP) is 11.0. The van der Waals surface area contributed by atoms with Gasteiger partial charge in [0.05, 0.1) is 0 Å². The molecular formula is C31H57BrN2OS2Sn2. The number of hydrogen-bond acceptors (Lipinski definition) is 5. The van der Waals surface area contributed by atoms with Gasteiger partial charge < -0.3 is 0 Å². The number of aldehydes is 1. The van der Waals surface area contributed by atoms with Gasteiger partial charge in [-0.15, -0.1) is 0 Å². The van der Waals surface area contributed by atoms with E-state index in [-0.39, 0.29) is 0 Å². The van der Waals surface area contributed by atoms with Crippen LogP contribution in [0.25, 0.3) is 0 Å². The van der Waals surface area contributed by atoms with Crippen molar-refractivity contribution in [1.82, 2.24) is 9.97 Å². The molecule has 0 aliphatic carbocycles. The maximum absolute atomic E-state index is 11.0. The van der Waals surface area contributed by atoms with Gasteiger partial charge in [0.15, 0.2) is 0 Å². The Balaban J connectivity index is 0.000000391. The van der Waals surface area contributed by atoms with Crippen LogP contribution in [0.2, 0.25) is 26.6 Å². The second kappa shape index (κ2) is 22.5. The summed E-state index contributed by atoms with van der Waals surface area (Å²) >= 11 is 2.50. The van der Waals surface area contributed by atoms with Gasteiger partial charge in [-0.25, -0.2) is 0 Å². The molecule has 0 spiro atoms. The van der Waals surface area contributed by atoms with Crippen molar-refractivity contribution in [2.45, 2.75) is 145 Å². The quantitative estimate of drug-likeness (QED) is 0.0928. The summed E-state index contributed by atoms with van der Waals surface area (Å²) in [5, 5.41) is 5.11. The second-order valence-electron chi connectivity index (χ2n) is 11.3. The Morgan fingerprint density at radius 2 is 1.05 bits per heavy atom. The number of unbranched alkanes of at least 4 members (excludes halogenated alkanes) is 6. The predicted molar refractivity (Wildman–Crippen MR) is 186 cm³/mol. The van der Waals surface area contributed by atoms with Crippen molar-refractivity contribution in [2.75, 3.05) is 0 Å². The first-order valence-electron chi connectivity index (χ1n) is 15.9. The fourth-order valence-electron chi connectivity index (χ4n) is 5.63. The van der Waals surface area contributed by atoms with Gasteiger partial charge in [-0.3, -0.25) is 0 Å². The third kappa shape index (κ3) is 13.5. The van der Waals surface area contributed by atoms with Crippen LogP contribution in [0, 0.1) is 0 Å². The summed E-state index contributed by atoms with van der Waals surface area (Å²) in [7, 11) is 0. The summed E-state index contributed by atoms with van der Waals surface area (Å²) in [5.41, 5.74) is 0. The molecule has 0 radical (unpaired) electrons. The maximum atomic E-state index is 11.0. The van der Waals surface area contributed by atoms with E-state index in [4.69, 9.17) is 9.97 Å². The van der Waals surface area contributed by atoms with Crippen molar-refractivity contribution in [3.63, 3.8) is 0 Å². The zero-order chi connectivity index (χ0) is 29.0. The van der Waals surface area contributed by atoms with Gasteiger partial charge in [0.2, 0.25) is 0 Å². The molecule has 0 atom stereocenters. The van der Waals surface area contributed by atoms with E-state index < -0.39 is 36.8 Å². The van der Waals surface area contributed by atoms with Crippen molar-refractivity contribution in [3.05, 3.63) is 20.4 Å². The van der Waals surface area contributed by atoms with Gasteiger partial charge in [0, 0.05) is 0 Å². The van der Waals surface area contributed by atoms with Gasteiger partial charge in [-0.05, 0) is 0 Å². The van der Waals surface area contributed by atoms with Gasteiger partial charge in [-0.2, -0.15) is 0 Å². The summed E-state index contributed by atoms with van der Waals surface area (Å²) in [6.45, 7) is 13.8. The van der Waals surface area contributed by atoms with Crippen molar-refractivity contribution in [3.8, 4) is 0 Å². The summed E-state index contributed by atoms with van der Waals surface area (Å²) in [4.78, 5) is 20.5. The van der Waals surface area contributed by atoms with Crippen LogP contribution < -0.4 is 6.73 Å². The SMILES string of the molecule is CCC[CH2][Sn]([CH2]CCC)([CH2]CCC)[c]1csc(C=O)n1.CCC[CH2][Sn]([CH2]CCC)([CH2]CCC)[c]1nc(Br)cs1. The van der Waals surface area contributed by atoms with E-state index in [2.05, 4.69) is 68.2 Å². The number of thiazole rings is 2. The molecule has 0 bridgehead atoms. The molecule has 3 nitrogen and oxygen atoms in total. The number of carbonyl (C=O) groups is 1. The van der Waals surface area contributed by atoms with Crippen LogP contribution >= 0.6 is 38.6 Å². The van der Waals surface area contributed by atoms with E-state index in [1.165, 1.54) is 107 Å². The molecule has 2 aromatic rings. The average Bonchev–Trinajstić information content (AvgIpc) is 3.63. The normalized spacial score (nSPS) is 11.9. The van der Waals surface area contributed by atoms with Gasteiger partial charge >= 0.3 is 269 Å². The van der Waals surface area contributed by atoms with Crippen molar-refractivity contribution >= 4 is 88.4 Å². The monoisotopic (exact) mass is 856 g/mol. The molecule has 0 saturated carbocycles. The fraction of sp³-hybridized carbons (Fsp3) is 0.774. The molecule has 2 heterocycles. The molecule has 0 fully saturated rings. The first-order valence-corrected chi connectivity index (χ1v) is 33.4. The van der Waals surface area contributed by atoms with Gasteiger partial charge in [0.25, 0.3) is 0 Å². The van der Waals surface area contributed by atoms with Crippen molar-refractivity contribution in [1.29, 1.82) is 0 Å². The first kappa shape index (κ1) is 38.0. The number of carbonyl (C=O) groups excluding carboxylic acids is 1. The van der Waals surface area contributed by atoms with Crippen LogP contribution in [-0.4, -0.2) is 53.0 Å². The Labute approximate surface area is 266 Å². The Morgan fingerprint density at radius 1 is 0.641 bits per heavy atom. The summed E-state index contributed by atoms with van der Waals surface area (Å²) in [6, 6.07) is 0. The van der Waals surface area contributed by atoms with E-state index in [9.17, 15) is 4.79 Å². The number of aromatic nitrogens is 2. The van der Waals surface area contributed by atoms with Crippen LogP contribution in [0.5, 0.6) is 0 Å². The van der Waals surface area contributed by atoms with E-state index >= 15 is 0 Å². The Morgan fingerprint density at radius 3 is 1.36 bits per heavy atom. The van der Waals surface area contributed by atoms with Gasteiger partial charge in [-0.1, -0.05) is 0 Å². The minimum absolute atomic E-state index is 0.686. The number of rotatable bonds is 21. The molecule has 2 rings (SSSR count). The molecule has 0 aromatic carbocycles. The molecule has 0 aliphatic heterocycles. The molecular weight excluding hydrogens is 798 g/mol. The molecule has 0 amide bonds. The zero-order valence-corrected chi connectivity index (χ0v) is 34.9. The summed E-state index contributed by atoms with van der Waals surface area (Å²) in [6.07, 6.45) is 17.1. The number of hydrogen-bond donors (Lipinski definition) is 0. The molecule has 8 heteroatoms. The van der Waals surface area contributed by atoms with E-state index in [1.54, 1.807) is 14.4 Å². The third-order valence-electron chi connectivity index (χ3n) is 8.15. The topological polar surface area (TPSA) is 42.9 Å². The third-order valence-corrected chi connectivity index (χ3v) is 44.0. The molecule has 39 heavy (non-hydrogen) atoms. The average molecular weight is 855 g/mol. The summed E-state index contributed by atoms with van der Waals surface area (Å²) in [5.74, 6) is 0. The minimum atomic E-state index is -2.36. The van der Waals surface area contributed by atoms with Crippen LogP contribution in [-0.2, 0) is 0 Å². The first-order chi connectivity index (χ1) is 18.9. The molecule has 224 valence electrons. The van der Waals surface area contributed by atoms with E-state index in [0.717, 1.165) is 10.9 Å². The molecule has 0 N–H and O–H groups in total. The van der Waals surface area contributed by atoms with E-state index in [0.29, 0.717) is 5.01 Å². The fourth-order valence-corrected chi connectivity index (χ4v) is 43.6. The standard InChI is InChI=1S/C4H2NOS.6C4H9.C3HBrNS.2Sn/c6-3-4-5-1-2-7-4;6*1-3-4-2;4-3-1-6-2-5-3;;/h2-3H;6*1,3-4H2,2H3;1H;;. The zero-order valence-electron chi connectivity index (χ0n) is 26.0. The Kier molecular flexibility index (Phi) is 22.0. The second-order valence-corrected chi connectivity index (χ2v) is 40.9. The molecule has 0 aliphatic rings. The molecule has 0 unspecified atom stereocenters. The number of nitrogens with zero attached hydrogens (tertiary/aromatic N) is 2. The van der Waals surface area contributed by atoms with Crippen LogP contribution in [0.15, 0.2) is 15.4 Å². The molecule has 0 saturated heterocycles. The van der Waals surface area contributed by atoms with Crippen LogP contribution in [0.4, 0.5) is 0 Å². The van der Waals surface area contributed by atoms with Gasteiger partial charge in [0.1, 0.15) is 0 Å².